The Kier molecular flexibility index (Phi) is 3.43. The average molecular weight is 322 g/mol. The fourth-order valence-electron chi connectivity index (χ4n) is 2.72. The second-order valence-electron chi connectivity index (χ2n) is 5.51. The van der Waals surface area contributed by atoms with Crippen LogP contribution in [0.1, 0.15) is 12.5 Å². The second kappa shape index (κ2) is 5.08. The van der Waals surface area contributed by atoms with Crippen molar-refractivity contribution in [2.75, 3.05) is 24.7 Å². The van der Waals surface area contributed by atoms with E-state index in [9.17, 15) is 24.8 Å². The summed E-state index contributed by atoms with van der Waals surface area (Å²) in [6.07, 6.45) is 0. The minimum Gasteiger partial charge on any atom is -0.389 e. The first kappa shape index (κ1) is 15.5. The fourth-order valence-corrected chi connectivity index (χ4v) is 2.72. The molecule has 122 valence electrons. The van der Waals surface area contributed by atoms with E-state index in [1.54, 1.807) is 24.3 Å². The Bertz CT molecular complexity index is 694. The number of amides is 2. The summed E-state index contributed by atoms with van der Waals surface area (Å²) in [4.78, 5) is 35.8. The monoisotopic (exact) mass is 322 g/mol. The highest BCUT2D eigenvalue weighted by molar-refractivity contribution is 6.21. The van der Waals surface area contributed by atoms with E-state index in [1.165, 1.54) is 6.92 Å². The van der Waals surface area contributed by atoms with Gasteiger partial charge in [-0.05, 0) is 6.07 Å². The molecule has 1 saturated heterocycles. The number of aliphatic hydroxyl groups is 1. The van der Waals surface area contributed by atoms with E-state index >= 15 is 0 Å². The molecule has 9 heteroatoms. The van der Waals surface area contributed by atoms with Crippen LogP contribution in [0.3, 0.4) is 0 Å². The number of hydrogen-bond donors (Lipinski definition) is 1. The number of fused-ring (bicyclic) bond motifs is 2. The molecule has 1 aromatic rings. The quantitative estimate of drug-likeness (QED) is 0.591. The number of para-hydroxylation sites is 1. The molecule has 3 rings (SSSR count). The molecule has 2 heterocycles. The van der Waals surface area contributed by atoms with Crippen LogP contribution in [-0.2, 0) is 24.8 Å². The van der Waals surface area contributed by atoms with Gasteiger partial charge in [-0.15, -0.1) is 0 Å². The Morgan fingerprint density at radius 1 is 1.39 bits per heavy atom. The van der Waals surface area contributed by atoms with E-state index < -0.39 is 47.9 Å². The Labute approximate surface area is 130 Å². The summed E-state index contributed by atoms with van der Waals surface area (Å²) in [6.45, 7) is -0.585. The van der Waals surface area contributed by atoms with Crippen LogP contribution >= 0.6 is 0 Å². The first-order valence-corrected chi connectivity index (χ1v) is 6.86. The summed E-state index contributed by atoms with van der Waals surface area (Å²) in [5.41, 5.74) is -1.19. The number of anilines is 1. The number of imide groups is 1. The number of carbonyl (C=O) groups excluding carboxylic acids is 2. The van der Waals surface area contributed by atoms with E-state index in [4.69, 9.17) is 9.47 Å². The molecule has 0 saturated carbocycles. The zero-order chi connectivity index (χ0) is 16.8. The van der Waals surface area contributed by atoms with Gasteiger partial charge < -0.3 is 14.6 Å². The first-order valence-electron chi connectivity index (χ1n) is 6.86. The maximum atomic E-state index is 12.7. The Balaban J connectivity index is 2.03. The van der Waals surface area contributed by atoms with Crippen LogP contribution in [0.4, 0.5) is 5.69 Å². The van der Waals surface area contributed by atoms with Gasteiger partial charge in [-0.1, -0.05) is 18.2 Å². The van der Waals surface area contributed by atoms with Gasteiger partial charge in [0.2, 0.25) is 5.91 Å². The molecule has 1 aromatic carbocycles. The maximum absolute atomic E-state index is 12.7. The Morgan fingerprint density at radius 3 is 2.52 bits per heavy atom. The largest absolute Gasteiger partial charge is 0.389 e. The van der Waals surface area contributed by atoms with E-state index in [1.807, 2.05) is 0 Å². The molecule has 1 fully saturated rings. The first-order chi connectivity index (χ1) is 10.9. The van der Waals surface area contributed by atoms with Crippen molar-refractivity contribution >= 4 is 17.5 Å². The number of ether oxygens (including phenoxy) is 2. The highest BCUT2D eigenvalue weighted by atomic mass is 16.7. The molecule has 0 unspecified atom stereocenters. The number of hydrogen-bond acceptors (Lipinski definition) is 7. The SMILES string of the molecule is CC(=O)N1C(=O)C2(OCC(CO)([N+](=O)[O-])CO2)c2ccccc21. The zero-order valence-electron chi connectivity index (χ0n) is 12.2. The minimum atomic E-state index is -1.89. The third-order valence-corrected chi connectivity index (χ3v) is 4.07. The van der Waals surface area contributed by atoms with Crippen LogP contribution in [0, 0.1) is 10.1 Å². The zero-order valence-corrected chi connectivity index (χ0v) is 12.2. The lowest BCUT2D eigenvalue weighted by molar-refractivity contribution is -0.598. The third-order valence-electron chi connectivity index (χ3n) is 4.07. The van der Waals surface area contributed by atoms with Crippen LogP contribution < -0.4 is 4.90 Å². The minimum absolute atomic E-state index is 0.315. The molecule has 0 aliphatic carbocycles. The van der Waals surface area contributed by atoms with Crippen LogP contribution in [-0.4, -0.2) is 47.2 Å². The molecule has 0 atom stereocenters. The van der Waals surface area contributed by atoms with Gasteiger partial charge in [0.25, 0.3) is 17.2 Å². The molecule has 1 spiro atoms. The van der Waals surface area contributed by atoms with Gasteiger partial charge in [0.15, 0.2) is 0 Å². The molecule has 0 aromatic heterocycles. The molecule has 1 N–H and O–H groups in total. The molecule has 2 aliphatic rings. The normalized spacial score (nSPS) is 29.7. The standard InChI is InChI=1S/C14H14N2O7/c1-9(18)15-11-5-3-2-4-10(11)14(12(15)19)22-7-13(6-17,8-23-14)16(20)21/h2-5,17H,6-8H2,1H3. The molecule has 9 nitrogen and oxygen atoms in total. The molecular formula is C14H14N2O7. The predicted molar refractivity (Wildman–Crippen MR) is 75.0 cm³/mol. The van der Waals surface area contributed by atoms with Gasteiger partial charge in [-0.2, -0.15) is 0 Å². The van der Waals surface area contributed by atoms with E-state index in [0.717, 1.165) is 4.90 Å². The highest BCUT2D eigenvalue weighted by Gasteiger charge is 2.62. The molecular weight excluding hydrogens is 308 g/mol. The van der Waals surface area contributed by atoms with Crippen molar-refractivity contribution in [1.29, 1.82) is 0 Å². The van der Waals surface area contributed by atoms with E-state index in [0.29, 0.717) is 11.3 Å². The molecule has 0 radical (unpaired) electrons. The van der Waals surface area contributed by atoms with Crippen LogP contribution in [0.15, 0.2) is 24.3 Å². The van der Waals surface area contributed by atoms with Crippen LogP contribution in [0.2, 0.25) is 0 Å². The summed E-state index contributed by atoms with van der Waals surface area (Å²) >= 11 is 0. The van der Waals surface area contributed by atoms with Crippen molar-refractivity contribution in [3.8, 4) is 0 Å². The molecule has 2 aliphatic heterocycles. The van der Waals surface area contributed by atoms with Gasteiger partial charge in [0.1, 0.15) is 19.8 Å². The van der Waals surface area contributed by atoms with Crippen molar-refractivity contribution in [1.82, 2.24) is 0 Å². The molecule has 2 amide bonds. The predicted octanol–water partition coefficient (Wildman–Crippen LogP) is -0.213. The number of nitro groups is 1. The lowest BCUT2D eigenvalue weighted by atomic mass is 10.00. The third kappa shape index (κ3) is 1.97. The topological polar surface area (TPSA) is 119 Å². The van der Waals surface area contributed by atoms with Crippen molar-refractivity contribution in [2.45, 2.75) is 18.2 Å². The Hall–Kier alpha value is -2.36. The van der Waals surface area contributed by atoms with E-state index in [2.05, 4.69) is 0 Å². The van der Waals surface area contributed by atoms with Crippen molar-refractivity contribution in [3.63, 3.8) is 0 Å². The number of nitrogens with zero attached hydrogens (tertiary/aromatic N) is 2. The number of aliphatic hydroxyl groups excluding tert-OH is 1. The number of rotatable bonds is 2. The Morgan fingerprint density at radius 2 is 2.00 bits per heavy atom. The summed E-state index contributed by atoms with van der Waals surface area (Å²) in [7, 11) is 0. The van der Waals surface area contributed by atoms with E-state index in [-0.39, 0.29) is 0 Å². The second-order valence-corrected chi connectivity index (χ2v) is 5.51. The van der Waals surface area contributed by atoms with Gasteiger partial charge in [0, 0.05) is 17.4 Å². The lowest BCUT2D eigenvalue weighted by Crippen LogP contribution is -2.61. The van der Waals surface area contributed by atoms with Gasteiger partial charge in [-0.3, -0.25) is 19.7 Å². The molecule has 0 bridgehead atoms. The van der Waals surface area contributed by atoms with Crippen molar-refractivity contribution in [3.05, 3.63) is 39.9 Å². The summed E-state index contributed by atoms with van der Waals surface area (Å²) in [6, 6.07) is 6.43. The summed E-state index contributed by atoms with van der Waals surface area (Å²) in [5, 5.41) is 20.4. The average Bonchev–Trinajstić information content (AvgIpc) is 2.78. The number of carbonyl (C=O) groups is 2. The van der Waals surface area contributed by atoms with Crippen molar-refractivity contribution < 1.29 is 29.1 Å². The molecule has 23 heavy (non-hydrogen) atoms. The lowest BCUT2D eigenvalue weighted by Gasteiger charge is -2.37. The van der Waals surface area contributed by atoms with Gasteiger partial charge >= 0.3 is 0 Å². The number of benzene rings is 1. The fraction of sp³-hybridized carbons (Fsp3) is 0.429. The smallest absolute Gasteiger partial charge is 0.299 e. The maximum Gasteiger partial charge on any atom is 0.299 e. The van der Waals surface area contributed by atoms with Crippen LogP contribution in [0.5, 0.6) is 0 Å². The van der Waals surface area contributed by atoms with Crippen LogP contribution in [0.25, 0.3) is 0 Å². The summed E-state index contributed by atoms with van der Waals surface area (Å²) < 4.78 is 10.9. The van der Waals surface area contributed by atoms with Gasteiger partial charge in [-0.25, -0.2) is 4.90 Å². The van der Waals surface area contributed by atoms with Crippen molar-refractivity contribution in [2.24, 2.45) is 0 Å². The summed E-state index contributed by atoms with van der Waals surface area (Å²) in [5.74, 6) is -3.15. The van der Waals surface area contributed by atoms with Gasteiger partial charge in [0.05, 0.1) is 5.69 Å². The highest BCUT2D eigenvalue weighted by Crippen LogP contribution is 2.46.